The van der Waals surface area contributed by atoms with Gasteiger partial charge in [-0.3, -0.25) is 0 Å². The summed E-state index contributed by atoms with van der Waals surface area (Å²) in [5, 5.41) is 3.47. The number of rotatable bonds is 3. The van der Waals surface area contributed by atoms with Crippen molar-refractivity contribution >= 4 is 29.9 Å². The van der Waals surface area contributed by atoms with E-state index in [2.05, 4.69) is 22.7 Å². The van der Waals surface area contributed by atoms with Gasteiger partial charge in [-0.1, -0.05) is 11.3 Å². The molecule has 2 aromatic heterocycles. The zero-order valence-corrected chi connectivity index (χ0v) is 11.7. The second-order valence-corrected chi connectivity index (χ2v) is 5.24. The summed E-state index contributed by atoms with van der Waals surface area (Å²) in [6.07, 6.45) is -3.42. The van der Waals surface area contributed by atoms with E-state index in [0.29, 0.717) is 0 Å². The van der Waals surface area contributed by atoms with Gasteiger partial charge in [0.1, 0.15) is 0 Å². The van der Waals surface area contributed by atoms with E-state index in [1.807, 2.05) is 0 Å². The Bertz CT molecular complexity index is 636. The van der Waals surface area contributed by atoms with Crippen LogP contribution in [0.1, 0.15) is 23.1 Å². The van der Waals surface area contributed by atoms with E-state index >= 15 is 0 Å². The molecule has 5 nitrogen and oxygen atoms in total. The lowest BCUT2D eigenvalue weighted by molar-refractivity contribution is -0.141. The van der Waals surface area contributed by atoms with Crippen molar-refractivity contribution in [1.82, 2.24) is 14.8 Å². The lowest BCUT2D eigenvalue weighted by Crippen LogP contribution is -2.08. The summed E-state index contributed by atoms with van der Waals surface area (Å²) in [4.78, 5) is 15.4. The van der Waals surface area contributed by atoms with Crippen molar-refractivity contribution in [2.24, 2.45) is 0 Å². The molecule has 0 radical (unpaired) electrons. The highest BCUT2D eigenvalue weighted by atomic mass is 32.2. The second-order valence-electron chi connectivity index (χ2n) is 3.51. The third-order valence-electron chi connectivity index (χ3n) is 2.14. The first kappa shape index (κ1) is 14.9. The van der Waals surface area contributed by atoms with Crippen LogP contribution in [0.25, 0.3) is 5.13 Å². The Kier molecular flexibility index (Phi) is 4.04. The number of halogens is 3. The summed E-state index contributed by atoms with van der Waals surface area (Å²) in [6, 6.07) is 0.823. The van der Waals surface area contributed by atoms with Gasteiger partial charge in [-0.25, -0.2) is 14.5 Å². The molecule has 0 aliphatic heterocycles. The fraction of sp³-hybridized carbons (Fsp3) is 0.300. The van der Waals surface area contributed by atoms with E-state index in [0.717, 1.165) is 28.3 Å². The predicted octanol–water partition coefficient (Wildman–Crippen LogP) is 2.81. The molecule has 0 unspecified atom stereocenters. The average Bonchev–Trinajstić information content (AvgIpc) is 2.94. The van der Waals surface area contributed by atoms with E-state index in [9.17, 15) is 18.0 Å². The molecule has 0 aromatic carbocycles. The van der Waals surface area contributed by atoms with Crippen molar-refractivity contribution in [3.8, 4) is 5.13 Å². The van der Waals surface area contributed by atoms with Crippen molar-refractivity contribution in [2.45, 2.75) is 17.3 Å². The lowest BCUT2D eigenvalue weighted by Gasteiger charge is -2.00. The van der Waals surface area contributed by atoms with Crippen LogP contribution in [0.2, 0.25) is 0 Å². The van der Waals surface area contributed by atoms with Crippen LogP contribution in [0.5, 0.6) is 0 Å². The largest absolute Gasteiger partial charge is 0.461 e. The average molecular weight is 323 g/mol. The maximum atomic E-state index is 12.4. The third-order valence-corrected chi connectivity index (χ3v) is 3.48. The Morgan fingerprint density at radius 3 is 2.80 bits per heavy atom. The molecular formula is C10H8F3N3O2S2. The molecule has 0 bridgehead atoms. The molecule has 0 aliphatic carbocycles. The van der Waals surface area contributed by atoms with E-state index in [1.54, 1.807) is 6.92 Å². The molecule has 0 amide bonds. The maximum Gasteiger partial charge on any atom is 0.435 e. The van der Waals surface area contributed by atoms with Gasteiger partial charge in [-0.2, -0.15) is 18.3 Å². The van der Waals surface area contributed by atoms with Gasteiger partial charge in [0.15, 0.2) is 11.4 Å². The SMILES string of the molecule is CCOC(=O)c1nc(-n2ccc(C(F)(F)F)n2)sc1S. The number of thiol groups is 1. The molecule has 0 N–H and O–H groups in total. The number of thiazole rings is 1. The summed E-state index contributed by atoms with van der Waals surface area (Å²) in [6.45, 7) is 1.80. The molecule has 0 aliphatic rings. The van der Waals surface area contributed by atoms with Gasteiger partial charge >= 0.3 is 12.1 Å². The van der Waals surface area contributed by atoms with Crippen LogP contribution in [0.15, 0.2) is 16.5 Å². The van der Waals surface area contributed by atoms with Crippen LogP contribution in [-0.2, 0) is 10.9 Å². The molecular weight excluding hydrogens is 315 g/mol. The number of hydrogen-bond donors (Lipinski definition) is 1. The number of esters is 1. The number of aromatic nitrogens is 3. The maximum absolute atomic E-state index is 12.4. The van der Waals surface area contributed by atoms with Crippen molar-refractivity contribution in [2.75, 3.05) is 6.61 Å². The molecule has 0 saturated heterocycles. The summed E-state index contributed by atoms with van der Waals surface area (Å²) < 4.78 is 43.3. The van der Waals surface area contributed by atoms with Crippen LogP contribution in [0.3, 0.4) is 0 Å². The minimum Gasteiger partial charge on any atom is -0.461 e. The summed E-state index contributed by atoms with van der Waals surface area (Å²) in [7, 11) is 0. The van der Waals surface area contributed by atoms with Crippen LogP contribution < -0.4 is 0 Å². The second kappa shape index (κ2) is 5.44. The highest BCUT2D eigenvalue weighted by molar-refractivity contribution is 7.83. The molecule has 10 heteroatoms. The van der Waals surface area contributed by atoms with Crippen molar-refractivity contribution in [3.63, 3.8) is 0 Å². The van der Waals surface area contributed by atoms with E-state index in [-0.39, 0.29) is 21.6 Å². The topological polar surface area (TPSA) is 57.0 Å². The zero-order chi connectivity index (χ0) is 14.9. The fourth-order valence-corrected chi connectivity index (χ4v) is 2.43. The Balaban J connectivity index is 2.33. The molecule has 20 heavy (non-hydrogen) atoms. The van der Waals surface area contributed by atoms with Gasteiger partial charge in [0.05, 0.1) is 10.8 Å². The number of carbonyl (C=O) groups excluding carboxylic acids is 1. The van der Waals surface area contributed by atoms with Gasteiger partial charge < -0.3 is 4.74 Å². The van der Waals surface area contributed by atoms with E-state index < -0.39 is 17.8 Å². The van der Waals surface area contributed by atoms with Crippen LogP contribution in [-0.4, -0.2) is 27.3 Å². The summed E-state index contributed by atoms with van der Waals surface area (Å²) in [5.41, 5.74) is -1.08. The quantitative estimate of drug-likeness (QED) is 0.697. The van der Waals surface area contributed by atoms with Gasteiger partial charge in [-0.05, 0) is 13.0 Å². The number of nitrogens with zero attached hydrogens (tertiary/aromatic N) is 3. The van der Waals surface area contributed by atoms with E-state index in [1.165, 1.54) is 0 Å². The Morgan fingerprint density at radius 2 is 2.25 bits per heavy atom. The van der Waals surface area contributed by atoms with Gasteiger partial charge in [-0.15, -0.1) is 12.6 Å². The molecule has 2 rings (SSSR count). The first-order chi connectivity index (χ1) is 9.32. The van der Waals surface area contributed by atoms with Crippen molar-refractivity contribution in [3.05, 3.63) is 23.7 Å². The standard InChI is InChI=1S/C10H8F3N3O2S2/c1-2-18-7(17)6-8(19)20-9(14-6)16-4-3-5(15-16)10(11,12)13/h3-4,19H,2H2,1H3. The highest BCUT2D eigenvalue weighted by Gasteiger charge is 2.34. The molecule has 2 aromatic rings. The normalized spacial score (nSPS) is 11.7. The molecule has 0 saturated carbocycles. The van der Waals surface area contributed by atoms with Crippen LogP contribution in [0.4, 0.5) is 13.2 Å². The molecule has 0 spiro atoms. The Hall–Kier alpha value is -1.55. The summed E-state index contributed by atoms with van der Waals surface area (Å²) in [5.74, 6) is -0.678. The zero-order valence-electron chi connectivity index (χ0n) is 10.0. The Morgan fingerprint density at radius 1 is 1.55 bits per heavy atom. The number of alkyl halides is 3. The minimum atomic E-state index is -4.53. The monoisotopic (exact) mass is 323 g/mol. The van der Waals surface area contributed by atoms with Gasteiger partial charge in [0, 0.05) is 6.20 Å². The fourth-order valence-electron chi connectivity index (χ4n) is 1.31. The highest BCUT2D eigenvalue weighted by Crippen LogP contribution is 2.30. The minimum absolute atomic E-state index is 0.0424. The number of carbonyl (C=O) groups is 1. The van der Waals surface area contributed by atoms with Gasteiger partial charge in [0.2, 0.25) is 5.13 Å². The van der Waals surface area contributed by atoms with E-state index in [4.69, 9.17) is 4.74 Å². The lowest BCUT2D eigenvalue weighted by atomic mass is 10.4. The Labute approximate surface area is 120 Å². The first-order valence-corrected chi connectivity index (χ1v) is 6.59. The molecule has 108 valence electrons. The van der Waals surface area contributed by atoms with Crippen molar-refractivity contribution < 1.29 is 22.7 Å². The number of ether oxygens (including phenoxy) is 1. The smallest absolute Gasteiger partial charge is 0.435 e. The number of hydrogen-bond acceptors (Lipinski definition) is 6. The summed E-state index contributed by atoms with van der Waals surface area (Å²) >= 11 is 4.99. The molecule has 2 heterocycles. The van der Waals surface area contributed by atoms with Crippen LogP contribution in [0, 0.1) is 0 Å². The predicted molar refractivity (Wildman–Crippen MR) is 67.4 cm³/mol. The van der Waals surface area contributed by atoms with Crippen molar-refractivity contribution in [1.29, 1.82) is 0 Å². The van der Waals surface area contributed by atoms with Crippen LogP contribution >= 0.6 is 24.0 Å². The first-order valence-electron chi connectivity index (χ1n) is 5.33. The molecule has 0 fully saturated rings. The van der Waals surface area contributed by atoms with Gasteiger partial charge in [0.25, 0.3) is 0 Å². The third kappa shape index (κ3) is 2.96. The molecule has 0 atom stereocenters.